The number of aldehydes is 1. The Kier molecular flexibility index (Phi) is 3.84. The standard InChI is InChI=1S/C14H13ClO3/c1-9-4-3-5-11-12(15)6-10(7-16)14(13(9)11)18-8-17-2/h3-7H,8H2,1-2H3. The Labute approximate surface area is 110 Å². The third kappa shape index (κ3) is 2.19. The zero-order valence-electron chi connectivity index (χ0n) is 10.2. The van der Waals surface area contributed by atoms with Crippen molar-refractivity contribution < 1.29 is 14.3 Å². The Morgan fingerprint density at radius 3 is 2.83 bits per heavy atom. The van der Waals surface area contributed by atoms with Crippen LogP contribution in [0, 0.1) is 6.92 Å². The first kappa shape index (κ1) is 12.9. The summed E-state index contributed by atoms with van der Waals surface area (Å²) in [5.74, 6) is 0.518. The Bertz CT molecular complexity index is 593. The highest BCUT2D eigenvalue weighted by atomic mass is 35.5. The fourth-order valence-corrected chi connectivity index (χ4v) is 2.23. The number of ether oxygens (including phenoxy) is 2. The number of fused-ring (bicyclic) bond motifs is 1. The molecule has 0 unspecified atom stereocenters. The number of benzene rings is 2. The van der Waals surface area contributed by atoms with Crippen molar-refractivity contribution in [3.8, 4) is 5.75 Å². The van der Waals surface area contributed by atoms with Gasteiger partial charge in [-0.05, 0) is 18.6 Å². The molecule has 94 valence electrons. The van der Waals surface area contributed by atoms with Gasteiger partial charge in [-0.15, -0.1) is 0 Å². The average molecular weight is 265 g/mol. The van der Waals surface area contributed by atoms with Gasteiger partial charge in [-0.25, -0.2) is 0 Å². The second kappa shape index (κ2) is 5.38. The topological polar surface area (TPSA) is 35.5 Å². The summed E-state index contributed by atoms with van der Waals surface area (Å²) in [5.41, 5.74) is 1.43. The molecule has 0 radical (unpaired) electrons. The molecule has 0 bridgehead atoms. The summed E-state index contributed by atoms with van der Waals surface area (Å²) in [5, 5.41) is 2.26. The predicted octanol–water partition coefficient (Wildman–Crippen LogP) is 3.60. The van der Waals surface area contributed by atoms with Gasteiger partial charge in [0, 0.05) is 22.9 Å². The third-order valence-electron chi connectivity index (χ3n) is 2.75. The molecule has 0 aromatic heterocycles. The first-order valence-electron chi connectivity index (χ1n) is 5.47. The van der Waals surface area contributed by atoms with Gasteiger partial charge in [0.25, 0.3) is 0 Å². The normalized spacial score (nSPS) is 10.6. The largest absolute Gasteiger partial charge is 0.466 e. The van der Waals surface area contributed by atoms with Gasteiger partial charge in [0.15, 0.2) is 13.1 Å². The van der Waals surface area contributed by atoms with Crippen LogP contribution >= 0.6 is 11.6 Å². The second-order valence-electron chi connectivity index (χ2n) is 3.94. The summed E-state index contributed by atoms with van der Waals surface area (Å²) in [6, 6.07) is 7.39. The van der Waals surface area contributed by atoms with Crippen molar-refractivity contribution in [1.29, 1.82) is 0 Å². The van der Waals surface area contributed by atoms with Crippen LogP contribution in [0.2, 0.25) is 5.02 Å². The van der Waals surface area contributed by atoms with Gasteiger partial charge in [-0.2, -0.15) is 0 Å². The van der Waals surface area contributed by atoms with E-state index >= 15 is 0 Å². The smallest absolute Gasteiger partial charge is 0.188 e. The molecule has 4 heteroatoms. The molecule has 0 amide bonds. The van der Waals surface area contributed by atoms with Crippen molar-refractivity contribution >= 4 is 28.7 Å². The first-order chi connectivity index (χ1) is 8.69. The van der Waals surface area contributed by atoms with E-state index in [1.165, 1.54) is 7.11 Å². The summed E-state index contributed by atoms with van der Waals surface area (Å²) >= 11 is 6.17. The maximum atomic E-state index is 11.1. The molecule has 0 heterocycles. The molecule has 0 spiro atoms. The number of rotatable bonds is 4. The summed E-state index contributed by atoms with van der Waals surface area (Å²) in [6.07, 6.45) is 0.739. The number of carbonyl (C=O) groups excluding carboxylic acids is 1. The lowest BCUT2D eigenvalue weighted by Crippen LogP contribution is -2.03. The van der Waals surface area contributed by atoms with Crippen LogP contribution in [0.3, 0.4) is 0 Å². The number of halogens is 1. The van der Waals surface area contributed by atoms with E-state index in [0.717, 1.165) is 22.6 Å². The maximum absolute atomic E-state index is 11.1. The van der Waals surface area contributed by atoms with Crippen LogP contribution in [0.1, 0.15) is 15.9 Å². The zero-order valence-corrected chi connectivity index (χ0v) is 11.0. The van der Waals surface area contributed by atoms with Crippen molar-refractivity contribution in [2.45, 2.75) is 6.92 Å². The number of methoxy groups -OCH3 is 1. The summed E-state index contributed by atoms with van der Waals surface area (Å²) in [6.45, 7) is 2.04. The highest BCUT2D eigenvalue weighted by molar-refractivity contribution is 6.36. The Balaban J connectivity index is 2.77. The number of carbonyl (C=O) groups is 1. The number of aryl methyl sites for hydroxylation is 1. The van der Waals surface area contributed by atoms with Crippen LogP contribution in [-0.2, 0) is 4.74 Å². The Morgan fingerprint density at radius 2 is 2.17 bits per heavy atom. The molecule has 0 aliphatic heterocycles. The second-order valence-corrected chi connectivity index (χ2v) is 4.35. The number of hydrogen-bond donors (Lipinski definition) is 0. The van der Waals surface area contributed by atoms with E-state index in [-0.39, 0.29) is 6.79 Å². The molecule has 2 aromatic rings. The van der Waals surface area contributed by atoms with E-state index in [4.69, 9.17) is 21.1 Å². The lowest BCUT2D eigenvalue weighted by atomic mass is 10.0. The molecule has 0 saturated carbocycles. The van der Waals surface area contributed by atoms with Crippen LogP contribution in [-0.4, -0.2) is 20.2 Å². The summed E-state index contributed by atoms with van der Waals surface area (Å²) in [7, 11) is 1.53. The fourth-order valence-electron chi connectivity index (χ4n) is 1.95. The molecule has 0 aliphatic carbocycles. The Morgan fingerprint density at radius 1 is 1.39 bits per heavy atom. The van der Waals surface area contributed by atoms with Crippen LogP contribution in [0.5, 0.6) is 5.75 Å². The van der Waals surface area contributed by atoms with E-state index in [1.54, 1.807) is 6.07 Å². The number of hydrogen-bond acceptors (Lipinski definition) is 3. The zero-order chi connectivity index (χ0) is 13.1. The summed E-state index contributed by atoms with van der Waals surface area (Å²) in [4.78, 5) is 11.1. The van der Waals surface area contributed by atoms with Gasteiger partial charge in [-0.1, -0.05) is 29.8 Å². The molecule has 0 aliphatic rings. The van der Waals surface area contributed by atoms with Crippen LogP contribution in [0.4, 0.5) is 0 Å². The van der Waals surface area contributed by atoms with Gasteiger partial charge in [0.1, 0.15) is 5.75 Å². The maximum Gasteiger partial charge on any atom is 0.188 e. The van der Waals surface area contributed by atoms with Gasteiger partial charge >= 0.3 is 0 Å². The van der Waals surface area contributed by atoms with E-state index in [9.17, 15) is 4.79 Å². The van der Waals surface area contributed by atoms with Crippen molar-refractivity contribution in [3.05, 3.63) is 40.4 Å². The molecular weight excluding hydrogens is 252 g/mol. The van der Waals surface area contributed by atoms with Crippen molar-refractivity contribution in [2.75, 3.05) is 13.9 Å². The van der Waals surface area contributed by atoms with E-state index < -0.39 is 0 Å². The highest BCUT2D eigenvalue weighted by Crippen LogP contribution is 2.36. The highest BCUT2D eigenvalue weighted by Gasteiger charge is 2.13. The molecule has 0 N–H and O–H groups in total. The first-order valence-corrected chi connectivity index (χ1v) is 5.85. The van der Waals surface area contributed by atoms with Crippen LogP contribution in [0.15, 0.2) is 24.3 Å². The van der Waals surface area contributed by atoms with E-state index in [1.807, 2.05) is 25.1 Å². The van der Waals surface area contributed by atoms with Crippen molar-refractivity contribution in [1.82, 2.24) is 0 Å². The molecule has 2 aromatic carbocycles. The molecule has 0 atom stereocenters. The van der Waals surface area contributed by atoms with Gasteiger partial charge in [-0.3, -0.25) is 4.79 Å². The van der Waals surface area contributed by atoms with Crippen LogP contribution in [0.25, 0.3) is 10.8 Å². The molecule has 0 fully saturated rings. The SMILES string of the molecule is COCOc1c(C=O)cc(Cl)c2cccc(C)c12. The van der Waals surface area contributed by atoms with Crippen molar-refractivity contribution in [3.63, 3.8) is 0 Å². The third-order valence-corrected chi connectivity index (χ3v) is 3.06. The minimum Gasteiger partial charge on any atom is -0.466 e. The molecule has 18 heavy (non-hydrogen) atoms. The van der Waals surface area contributed by atoms with E-state index in [2.05, 4.69) is 0 Å². The lowest BCUT2D eigenvalue weighted by molar-refractivity contribution is 0.0516. The van der Waals surface area contributed by atoms with Crippen LogP contribution < -0.4 is 4.74 Å². The minimum atomic E-state index is 0.0892. The molecule has 0 saturated heterocycles. The lowest BCUT2D eigenvalue weighted by Gasteiger charge is -2.14. The fraction of sp³-hybridized carbons (Fsp3) is 0.214. The predicted molar refractivity (Wildman–Crippen MR) is 71.6 cm³/mol. The molecule has 2 rings (SSSR count). The quantitative estimate of drug-likeness (QED) is 0.625. The Hall–Kier alpha value is -1.58. The van der Waals surface area contributed by atoms with Gasteiger partial charge in [0.2, 0.25) is 0 Å². The minimum absolute atomic E-state index is 0.0892. The molecule has 3 nitrogen and oxygen atoms in total. The van der Waals surface area contributed by atoms with Gasteiger partial charge in [0.05, 0.1) is 5.56 Å². The van der Waals surface area contributed by atoms with E-state index in [0.29, 0.717) is 16.3 Å². The van der Waals surface area contributed by atoms with Crippen molar-refractivity contribution in [2.24, 2.45) is 0 Å². The summed E-state index contributed by atoms with van der Waals surface area (Å²) < 4.78 is 10.4. The average Bonchev–Trinajstić information content (AvgIpc) is 2.38. The van der Waals surface area contributed by atoms with Gasteiger partial charge < -0.3 is 9.47 Å². The monoisotopic (exact) mass is 264 g/mol. The molecular formula is C14H13ClO3.